The number of nitro groups is 2. The van der Waals surface area contributed by atoms with Gasteiger partial charge >= 0.3 is 23.3 Å². The lowest BCUT2D eigenvalue weighted by Gasteiger charge is -2.02. The number of hydrogen-bond acceptors (Lipinski definition) is 7. The number of benzene rings is 2. The molecule has 2 rings (SSSR count). The molecule has 0 aliphatic rings. The summed E-state index contributed by atoms with van der Waals surface area (Å²) < 4.78 is 30.4. The van der Waals surface area contributed by atoms with E-state index in [-0.39, 0.29) is 12.2 Å². The number of para-hydroxylation sites is 2. The number of nitro benzene ring substituents is 2. The molecule has 0 aliphatic carbocycles. The standard InChI is InChI=1S/C9H8FNO4.C7H4FNO4/c1-2-15-9(12)6-4-3-5-7(10)8(6)11(13)14;8-5-3-1-2-4(7(10)11)6(5)9(12)13/h3-5H,2H2,1H3;1-3H,(H,10,11). The molecule has 0 aromatic heterocycles. The maximum atomic E-state index is 13.1. The largest absolute Gasteiger partial charge is 0.477 e. The van der Waals surface area contributed by atoms with Crippen LogP contribution in [0.1, 0.15) is 27.6 Å². The molecule has 12 heteroatoms. The number of carboxylic acid groups (broad SMARTS) is 1. The van der Waals surface area contributed by atoms with Gasteiger partial charge in [-0.15, -0.1) is 0 Å². The van der Waals surface area contributed by atoms with Gasteiger partial charge in [0.2, 0.25) is 11.6 Å². The molecule has 0 fully saturated rings. The maximum absolute atomic E-state index is 13.1. The Morgan fingerprint density at radius 2 is 1.39 bits per heavy atom. The molecule has 2 aromatic carbocycles. The van der Waals surface area contributed by atoms with Crippen molar-refractivity contribution in [3.63, 3.8) is 0 Å². The van der Waals surface area contributed by atoms with E-state index in [1.807, 2.05) is 0 Å². The van der Waals surface area contributed by atoms with Gasteiger partial charge in [-0.1, -0.05) is 12.1 Å². The SMILES string of the molecule is CCOC(=O)c1cccc(F)c1[N+](=O)[O-].O=C(O)c1cccc(F)c1[N+](=O)[O-]. The van der Waals surface area contributed by atoms with Crippen LogP contribution in [0.15, 0.2) is 36.4 Å². The Morgan fingerprint density at radius 3 is 1.75 bits per heavy atom. The van der Waals surface area contributed by atoms with Gasteiger partial charge in [-0.25, -0.2) is 9.59 Å². The van der Waals surface area contributed by atoms with Gasteiger partial charge in [0.25, 0.3) is 0 Å². The number of carbonyl (C=O) groups excluding carboxylic acids is 1. The topological polar surface area (TPSA) is 150 Å². The first-order valence-electron chi connectivity index (χ1n) is 7.38. The van der Waals surface area contributed by atoms with Crippen molar-refractivity contribution in [1.82, 2.24) is 0 Å². The van der Waals surface area contributed by atoms with Gasteiger partial charge in [-0.05, 0) is 31.2 Å². The Bertz CT molecular complexity index is 933. The van der Waals surface area contributed by atoms with E-state index in [0.29, 0.717) is 0 Å². The first-order valence-corrected chi connectivity index (χ1v) is 7.38. The Labute approximate surface area is 155 Å². The molecular weight excluding hydrogens is 386 g/mol. The van der Waals surface area contributed by atoms with Crippen molar-refractivity contribution in [2.24, 2.45) is 0 Å². The summed E-state index contributed by atoms with van der Waals surface area (Å²) in [4.78, 5) is 40.4. The van der Waals surface area contributed by atoms with Crippen molar-refractivity contribution in [3.05, 3.63) is 79.4 Å². The summed E-state index contributed by atoms with van der Waals surface area (Å²) in [6.07, 6.45) is 0. The summed E-state index contributed by atoms with van der Waals surface area (Å²) in [6.45, 7) is 1.63. The van der Waals surface area contributed by atoms with Gasteiger partial charge in [0.05, 0.1) is 16.5 Å². The highest BCUT2D eigenvalue weighted by Gasteiger charge is 2.25. The molecule has 0 unspecified atom stereocenters. The summed E-state index contributed by atoms with van der Waals surface area (Å²) in [5.74, 6) is -4.62. The van der Waals surface area contributed by atoms with Crippen molar-refractivity contribution in [2.45, 2.75) is 6.92 Å². The second kappa shape index (κ2) is 9.66. The first-order chi connectivity index (χ1) is 13.1. The van der Waals surface area contributed by atoms with E-state index in [1.54, 1.807) is 6.92 Å². The van der Waals surface area contributed by atoms with E-state index < -0.39 is 50.4 Å². The molecule has 1 N–H and O–H groups in total. The smallest absolute Gasteiger partial charge is 0.345 e. The molecule has 148 valence electrons. The van der Waals surface area contributed by atoms with E-state index in [4.69, 9.17) is 5.11 Å². The molecule has 28 heavy (non-hydrogen) atoms. The summed E-state index contributed by atoms with van der Waals surface area (Å²) in [5.41, 5.74) is -2.88. The van der Waals surface area contributed by atoms with Crippen LogP contribution in [-0.4, -0.2) is 33.5 Å². The minimum atomic E-state index is -1.52. The van der Waals surface area contributed by atoms with Gasteiger partial charge in [-0.2, -0.15) is 8.78 Å². The van der Waals surface area contributed by atoms with Gasteiger partial charge < -0.3 is 9.84 Å². The normalized spacial score (nSPS) is 9.68. The van der Waals surface area contributed by atoms with Crippen LogP contribution < -0.4 is 0 Å². The number of nitrogens with zero attached hydrogens (tertiary/aromatic N) is 2. The highest BCUT2D eigenvalue weighted by Crippen LogP contribution is 2.23. The molecule has 10 nitrogen and oxygen atoms in total. The number of carbonyl (C=O) groups is 2. The fourth-order valence-electron chi connectivity index (χ4n) is 1.95. The highest BCUT2D eigenvalue weighted by atomic mass is 19.1. The predicted molar refractivity (Wildman–Crippen MR) is 89.0 cm³/mol. The zero-order chi connectivity index (χ0) is 21.4. The van der Waals surface area contributed by atoms with Crippen LogP contribution in [0.4, 0.5) is 20.2 Å². The third-order valence-electron chi connectivity index (χ3n) is 3.06. The summed E-state index contributed by atoms with van der Waals surface area (Å²) >= 11 is 0. The van der Waals surface area contributed by atoms with Gasteiger partial charge in [0, 0.05) is 0 Å². The van der Waals surface area contributed by atoms with Crippen molar-refractivity contribution >= 4 is 23.3 Å². The Hall–Kier alpha value is -3.96. The van der Waals surface area contributed by atoms with Crippen LogP contribution >= 0.6 is 0 Å². The maximum Gasteiger partial charge on any atom is 0.345 e. The zero-order valence-electron chi connectivity index (χ0n) is 14.1. The van der Waals surface area contributed by atoms with E-state index in [9.17, 15) is 38.6 Å². The fourth-order valence-corrected chi connectivity index (χ4v) is 1.95. The summed E-state index contributed by atoms with van der Waals surface area (Å²) in [6, 6.07) is 6.20. The zero-order valence-corrected chi connectivity index (χ0v) is 14.1. The van der Waals surface area contributed by atoms with Crippen molar-refractivity contribution in [2.75, 3.05) is 6.61 Å². The van der Waals surface area contributed by atoms with Gasteiger partial charge in [-0.3, -0.25) is 20.2 Å². The number of aromatic carboxylic acids is 1. The second-order valence-corrected chi connectivity index (χ2v) is 4.81. The molecular formula is C16H12F2N2O8. The Morgan fingerprint density at radius 1 is 0.964 bits per heavy atom. The molecule has 0 amide bonds. The number of carboxylic acids is 1. The molecule has 2 aromatic rings. The molecule has 0 saturated carbocycles. The number of rotatable bonds is 5. The van der Waals surface area contributed by atoms with Crippen LogP contribution in [0.25, 0.3) is 0 Å². The lowest BCUT2D eigenvalue weighted by atomic mass is 10.2. The molecule has 0 saturated heterocycles. The van der Waals surface area contributed by atoms with E-state index in [2.05, 4.69) is 4.74 Å². The molecule has 0 bridgehead atoms. The van der Waals surface area contributed by atoms with Crippen molar-refractivity contribution in [3.8, 4) is 0 Å². The number of ether oxygens (including phenoxy) is 1. The fraction of sp³-hybridized carbons (Fsp3) is 0.125. The van der Waals surface area contributed by atoms with Crippen molar-refractivity contribution < 1.29 is 38.1 Å². The summed E-state index contributed by atoms with van der Waals surface area (Å²) in [5, 5.41) is 29.2. The molecule has 0 spiro atoms. The van der Waals surface area contributed by atoms with Crippen LogP contribution in [-0.2, 0) is 4.74 Å². The minimum absolute atomic E-state index is 0.0759. The Balaban J connectivity index is 0.000000283. The monoisotopic (exact) mass is 398 g/mol. The predicted octanol–water partition coefficient (Wildman–Crippen LogP) is 3.34. The van der Waals surface area contributed by atoms with Crippen LogP contribution in [0, 0.1) is 31.9 Å². The third-order valence-corrected chi connectivity index (χ3v) is 3.06. The van der Waals surface area contributed by atoms with Crippen LogP contribution in [0.3, 0.4) is 0 Å². The van der Waals surface area contributed by atoms with Gasteiger partial charge in [0.1, 0.15) is 11.1 Å². The molecule has 0 aliphatic heterocycles. The lowest BCUT2D eigenvalue weighted by Crippen LogP contribution is -2.09. The molecule has 0 heterocycles. The third kappa shape index (κ3) is 5.27. The van der Waals surface area contributed by atoms with E-state index in [0.717, 1.165) is 30.3 Å². The number of esters is 1. The van der Waals surface area contributed by atoms with Crippen LogP contribution in [0.5, 0.6) is 0 Å². The quantitative estimate of drug-likeness (QED) is 0.458. The molecule has 0 atom stereocenters. The summed E-state index contributed by atoms with van der Waals surface area (Å²) in [7, 11) is 0. The second-order valence-electron chi connectivity index (χ2n) is 4.81. The number of hydrogen-bond donors (Lipinski definition) is 1. The van der Waals surface area contributed by atoms with Gasteiger partial charge in [0.15, 0.2) is 0 Å². The average Bonchev–Trinajstić information content (AvgIpc) is 2.61. The van der Waals surface area contributed by atoms with E-state index >= 15 is 0 Å². The first kappa shape index (κ1) is 22.1. The highest BCUT2D eigenvalue weighted by molar-refractivity contribution is 5.94. The minimum Gasteiger partial charge on any atom is -0.477 e. The van der Waals surface area contributed by atoms with Crippen molar-refractivity contribution in [1.29, 1.82) is 0 Å². The molecule has 0 radical (unpaired) electrons. The average molecular weight is 398 g/mol. The lowest BCUT2D eigenvalue weighted by molar-refractivity contribution is -0.388. The van der Waals surface area contributed by atoms with E-state index in [1.165, 1.54) is 6.07 Å². The Kier molecular flexibility index (Phi) is 7.62. The number of halogens is 2. The van der Waals surface area contributed by atoms with Crippen LogP contribution in [0.2, 0.25) is 0 Å².